The van der Waals surface area contributed by atoms with E-state index >= 15 is 0 Å². The lowest BCUT2D eigenvalue weighted by molar-refractivity contribution is -0.139. The number of nitrogens with zero attached hydrogens (tertiary/aromatic N) is 2. The lowest BCUT2D eigenvalue weighted by Crippen LogP contribution is -2.50. The Hall–Kier alpha value is -2.24. The van der Waals surface area contributed by atoms with E-state index in [1.165, 1.54) is 0 Å². The van der Waals surface area contributed by atoms with Crippen molar-refractivity contribution in [3.63, 3.8) is 0 Å². The van der Waals surface area contributed by atoms with Gasteiger partial charge in [0, 0.05) is 38.2 Å². The van der Waals surface area contributed by atoms with Gasteiger partial charge in [0.25, 0.3) is 0 Å². The van der Waals surface area contributed by atoms with Crippen molar-refractivity contribution < 1.29 is 19.1 Å². The van der Waals surface area contributed by atoms with Crippen LogP contribution in [-0.4, -0.2) is 62.0 Å². The number of amides is 2. The first kappa shape index (κ1) is 19.1. The summed E-state index contributed by atoms with van der Waals surface area (Å²) in [7, 11) is 3.22. The van der Waals surface area contributed by atoms with E-state index in [-0.39, 0.29) is 18.2 Å². The van der Waals surface area contributed by atoms with Gasteiger partial charge in [0.15, 0.2) is 0 Å². The van der Waals surface area contributed by atoms with Crippen LogP contribution in [-0.2, 0) is 16.0 Å². The lowest BCUT2D eigenvalue weighted by atomic mass is 10.1. The molecule has 1 heterocycles. The molecule has 2 amide bonds. The van der Waals surface area contributed by atoms with Crippen molar-refractivity contribution in [2.45, 2.75) is 33.1 Å². The minimum atomic E-state index is 0.0480. The third-order valence-electron chi connectivity index (χ3n) is 4.59. The summed E-state index contributed by atoms with van der Waals surface area (Å²) in [6.45, 7) is 6.33. The molecular formula is C19H28N2O4. The molecular weight excluding hydrogens is 320 g/mol. The van der Waals surface area contributed by atoms with Crippen LogP contribution >= 0.6 is 0 Å². The van der Waals surface area contributed by atoms with Crippen LogP contribution < -0.4 is 9.47 Å². The quantitative estimate of drug-likeness (QED) is 0.789. The highest BCUT2D eigenvalue weighted by molar-refractivity contribution is 5.81. The van der Waals surface area contributed by atoms with Gasteiger partial charge in [-0.15, -0.1) is 0 Å². The molecule has 0 bridgehead atoms. The number of rotatable bonds is 6. The van der Waals surface area contributed by atoms with Crippen molar-refractivity contribution in [2.24, 2.45) is 0 Å². The molecule has 0 unspecified atom stereocenters. The topological polar surface area (TPSA) is 59.1 Å². The number of piperazine rings is 1. The van der Waals surface area contributed by atoms with Gasteiger partial charge in [-0.1, -0.05) is 6.92 Å². The minimum Gasteiger partial charge on any atom is -0.496 e. The van der Waals surface area contributed by atoms with Crippen LogP contribution in [0, 0.1) is 6.92 Å². The minimum absolute atomic E-state index is 0.0480. The van der Waals surface area contributed by atoms with Crippen LogP contribution in [0.4, 0.5) is 0 Å². The standard InChI is InChI=1S/C19H28N2O4/c1-5-6-18(22)20-7-9-21(10-8-20)19(23)13-15-12-16(24-3)14(2)11-17(15)25-4/h11-12H,5-10,13H2,1-4H3. The number of methoxy groups -OCH3 is 2. The zero-order valence-electron chi connectivity index (χ0n) is 15.6. The van der Waals surface area contributed by atoms with E-state index in [4.69, 9.17) is 9.47 Å². The van der Waals surface area contributed by atoms with E-state index in [1.54, 1.807) is 14.2 Å². The first-order chi connectivity index (χ1) is 12.0. The zero-order valence-corrected chi connectivity index (χ0v) is 15.6. The maximum atomic E-state index is 12.6. The van der Waals surface area contributed by atoms with Crippen LogP contribution in [0.15, 0.2) is 12.1 Å². The molecule has 6 nitrogen and oxygen atoms in total. The Balaban J connectivity index is 2.00. The molecule has 0 radical (unpaired) electrons. The Kier molecular flexibility index (Phi) is 6.67. The van der Waals surface area contributed by atoms with Gasteiger partial charge in [-0.2, -0.15) is 0 Å². The molecule has 138 valence electrons. The highest BCUT2D eigenvalue weighted by Crippen LogP contribution is 2.29. The fourth-order valence-electron chi connectivity index (χ4n) is 3.10. The molecule has 0 atom stereocenters. The van der Waals surface area contributed by atoms with Gasteiger partial charge in [-0.25, -0.2) is 0 Å². The Morgan fingerprint density at radius 3 is 2.04 bits per heavy atom. The lowest BCUT2D eigenvalue weighted by Gasteiger charge is -2.35. The number of benzene rings is 1. The van der Waals surface area contributed by atoms with E-state index in [0.29, 0.717) is 38.3 Å². The summed E-state index contributed by atoms with van der Waals surface area (Å²) in [6.07, 6.45) is 1.70. The number of carbonyl (C=O) groups is 2. The van der Waals surface area contributed by atoms with Gasteiger partial charge in [0.1, 0.15) is 11.5 Å². The summed E-state index contributed by atoms with van der Waals surface area (Å²) in [6, 6.07) is 3.76. The van der Waals surface area contributed by atoms with Gasteiger partial charge in [0.05, 0.1) is 20.6 Å². The SMILES string of the molecule is CCCC(=O)N1CCN(C(=O)Cc2cc(OC)c(C)cc2OC)CC1. The smallest absolute Gasteiger partial charge is 0.227 e. The molecule has 6 heteroatoms. The maximum Gasteiger partial charge on any atom is 0.227 e. The summed E-state index contributed by atoms with van der Waals surface area (Å²) < 4.78 is 10.8. The Morgan fingerprint density at radius 2 is 1.52 bits per heavy atom. The predicted molar refractivity (Wildman–Crippen MR) is 96.1 cm³/mol. The third-order valence-corrected chi connectivity index (χ3v) is 4.59. The van der Waals surface area contributed by atoms with E-state index in [0.717, 1.165) is 23.3 Å². The highest BCUT2D eigenvalue weighted by atomic mass is 16.5. The normalized spacial score (nSPS) is 14.4. The summed E-state index contributed by atoms with van der Waals surface area (Å²) >= 11 is 0. The molecule has 1 aliphatic heterocycles. The van der Waals surface area contributed by atoms with Gasteiger partial charge >= 0.3 is 0 Å². The number of carbonyl (C=O) groups excluding carboxylic acids is 2. The molecule has 0 spiro atoms. The van der Waals surface area contributed by atoms with Gasteiger partial charge in [0.2, 0.25) is 11.8 Å². The molecule has 1 saturated heterocycles. The molecule has 1 aromatic rings. The van der Waals surface area contributed by atoms with Crippen molar-refractivity contribution in [2.75, 3.05) is 40.4 Å². The van der Waals surface area contributed by atoms with Crippen molar-refractivity contribution >= 4 is 11.8 Å². The Morgan fingerprint density at radius 1 is 0.960 bits per heavy atom. The van der Waals surface area contributed by atoms with E-state index in [9.17, 15) is 9.59 Å². The maximum absolute atomic E-state index is 12.6. The molecule has 25 heavy (non-hydrogen) atoms. The average Bonchev–Trinajstić information content (AvgIpc) is 2.63. The fourth-order valence-corrected chi connectivity index (χ4v) is 3.10. The summed E-state index contributed by atoms with van der Waals surface area (Å²) in [5, 5.41) is 0. The van der Waals surface area contributed by atoms with E-state index in [1.807, 2.05) is 35.8 Å². The monoisotopic (exact) mass is 348 g/mol. The van der Waals surface area contributed by atoms with Crippen LogP contribution in [0.5, 0.6) is 11.5 Å². The Bertz CT molecular complexity index is 622. The Labute approximate surface area is 149 Å². The molecule has 2 rings (SSSR count). The van der Waals surface area contributed by atoms with Gasteiger partial charge < -0.3 is 19.3 Å². The van der Waals surface area contributed by atoms with Gasteiger partial charge in [-0.3, -0.25) is 9.59 Å². The number of aryl methyl sites for hydroxylation is 1. The predicted octanol–water partition coefficient (Wildman–Crippen LogP) is 2.03. The number of hydrogen-bond acceptors (Lipinski definition) is 4. The molecule has 0 aliphatic carbocycles. The average molecular weight is 348 g/mol. The third kappa shape index (κ3) is 4.65. The first-order valence-corrected chi connectivity index (χ1v) is 8.77. The van der Waals surface area contributed by atoms with Crippen LogP contribution in [0.3, 0.4) is 0 Å². The number of hydrogen-bond donors (Lipinski definition) is 0. The van der Waals surface area contributed by atoms with E-state index in [2.05, 4.69) is 0 Å². The largest absolute Gasteiger partial charge is 0.496 e. The second-order valence-corrected chi connectivity index (χ2v) is 6.32. The van der Waals surface area contributed by atoms with Crippen molar-refractivity contribution in [1.29, 1.82) is 0 Å². The molecule has 0 aromatic heterocycles. The molecule has 1 aliphatic rings. The number of ether oxygens (including phenoxy) is 2. The highest BCUT2D eigenvalue weighted by Gasteiger charge is 2.24. The van der Waals surface area contributed by atoms with Crippen molar-refractivity contribution in [1.82, 2.24) is 9.80 Å². The molecule has 1 fully saturated rings. The molecule has 0 saturated carbocycles. The van der Waals surface area contributed by atoms with E-state index < -0.39 is 0 Å². The fraction of sp³-hybridized carbons (Fsp3) is 0.579. The van der Waals surface area contributed by atoms with Gasteiger partial charge in [-0.05, 0) is 31.0 Å². The zero-order chi connectivity index (χ0) is 18.4. The molecule has 0 N–H and O–H groups in total. The molecule has 1 aromatic carbocycles. The second-order valence-electron chi connectivity index (χ2n) is 6.32. The van der Waals surface area contributed by atoms with Crippen LogP contribution in [0.2, 0.25) is 0 Å². The van der Waals surface area contributed by atoms with Crippen molar-refractivity contribution in [3.8, 4) is 11.5 Å². The summed E-state index contributed by atoms with van der Waals surface area (Å²) in [5.41, 5.74) is 1.79. The second kappa shape index (κ2) is 8.74. The summed E-state index contributed by atoms with van der Waals surface area (Å²) in [4.78, 5) is 28.3. The summed E-state index contributed by atoms with van der Waals surface area (Å²) in [5.74, 6) is 1.67. The van der Waals surface area contributed by atoms with Crippen molar-refractivity contribution in [3.05, 3.63) is 23.3 Å². The van der Waals surface area contributed by atoms with Crippen LogP contribution in [0.1, 0.15) is 30.9 Å². The van der Waals surface area contributed by atoms with Crippen LogP contribution in [0.25, 0.3) is 0 Å². The first-order valence-electron chi connectivity index (χ1n) is 8.77.